The van der Waals surface area contributed by atoms with E-state index in [2.05, 4.69) is 15.9 Å². The number of aryl methyl sites for hydroxylation is 1. The smallest absolute Gasteiger partial charge is 0.289 e. The summed E-state index contributed by atoms with van der Waals surface area (Å²) >= 11 is 5.02. The highest BCUT2D eigenvalue weighted by Crippen LogP contribution is 2.22. The lowest BCUT2D eigenvalue weighted by Crippen LogP contribution is -2.26. The van der Waals surface area contributed by atoms with Crippen LogP contribution in [0.4, 0.5) is 0 Å². The van der Waals surface area contributed by atoms with Crippen molar-refractivity contribution in [1.82, 2.24) is 4.90 Å². The molecule has 2 heterocycles. The quantitative estimate of drug-likeness (QED) is 0.866. The molecule has 0 fully saturated rings. The molecular weight excluding hydrogens is 302 g/mol. The van der Waals surface area contributed by atoms with Gasteiger partial charge in [-0.25, -0.2) is 0 Å². The Labute approximate surface area is 112 Å². The fraction of sp³-hybridized carbons (Fsp3) is 0.250. The molecule has 2 aromatic heterocycles. The number of carbonyl (C=O) groups is 1. The van der Waals surface area contributed by atoms with Crippen molar-refractivity contribution in [3.05, 3.63) is 44.4 Å². The van der Waals surface area contributed by atoms with E-state index < -0.39 is 0 Å². The zero-order valence-electron chi connectivity index (χ0n) is 9.57. The van der Waals surface area contributed by atoms with Crippen molar-refractivity contribution in [3.63, 3.8) is 0 Å². The Kier molecular flexibility index (Phi) is 3.69. The first-order valence-electron chi connectivity index (χ1n) is 5.10. The molecule has 5 heteroatoms. The predicted molar refractivity (Wildman–Crippen MR) is 71.3 cm³/mol. The van der Waals surface area contributed by atoms with Crippen LogP contribution < -0.4 is 0 Å². The van der Waals surface area contributed by atoms with Gasteiger partial charge in [-0.05, 0) is 45.9 Å². The fourth-order valence-electron chi connectivity index (χ4n) is 1.54. The molecule has 0 spiro atoms. The molecule has 3 nitrogen and oxygen atoms in total. The minimum atomic E-state index is -0.0881. The first-order valence-corrected chi connectivity index (χ1v) is 6.77. The molecule has 1 amide bonds. The van der Waals surface area contributed by atoms with Crippen molar-refractivity contribution in [2.75, 3.05) is 7.05 Å². The summed E-state index contributed by atoms with van der Waals surface area (Å²) in [6.07, 6.45) is 1.54. The maximum Gasteiger partial charge on any atom is 0.289 e. The van der Waals surface area contributed by atoms with Crippen molar-refractivity contribution >= 4 is 33.2 Å². The second-order valence-electron chi connectivity index (χ2n) is 3.85. The van der Waals surface area contributed by atoms with Gasteiger partial charge in [0.1, 0.15) is 0 Å². The second-order valence-corrected chi connectivity index (χ2v) is 6.14. The topological polar surface area (TPSA) is 33.5 Å². The molecule has 0 unspecified atom stereocenters. The maximum atomic E-state index is 12.1. The van der Waals surface area contributed by atoms with Crippen molar-refractivity contribution in [2.24, 2.45) is 0 Å². The third kappa shape index (κ3) is 2.79. The molecule has 0 aromatic carbocycles. The van der Waals surface area contributed by atoms with Crippen LogP contribution in [0.25, 0.3) is 0 Å². The highest BCUT2D eigenvalue weighted by molar-refractivity contribution is 9.11. The van der Waals surface area contributed by atoms with Crippen LogP contribution in [-0.4, -0.2) is 17.9 Å². The second kappa shape index (κ2) is 5.06. The first-order chi connectivity index (χ1) is 8.08. The minimum absolute atomic E-state index is 0.0881. The summed E-state index contributed by atoms with van der Waals surface area (Å²) in [4.78, 5) is 13.7. The highest BCUT2D eigenvalue weighted by atomic mass is 79.9. The molecule has 0 atom stereocenters. The van der Waals surface area contributed by atoms with Gasteiger partial charge in [-0.15, -0.1) is 11.3 Å². The summed E-state index contributed by atoms with van der Waals surface area (Å²) in [6, 6.07) is 3.81. The van der Waals surface area contributed by atoms with E-state index in [1.54, 1.807) is 29.4 Å². The molecule has 2 aromatic rings. The summed E-state index contributed by atoms with van der Waals surface area (Å²) in [7, 11) is 1.77. The van der Waals surface area contributed by atoms with Gasteiger partial charge in [-0.2, -0.15) is 0 Å². The zero-order chi connectivity index (χ0) is 12.4. The Bertz CT molecular complexity index is 532. The summed E-state index contributed by atoms with van der Waals surface area (Å²) in [5.74, 6) is 0.330. The zero-order valence-corrected chi connectivity index (χ0v) is 12.0. The summed E-state index contributed by atoms with van der Waals surface area (Å²) < 4.78 is 6.26. The number of furan rings is 1. The van der Waals surface area contributed by atoms with Crippen LogP contribution in [0.3, 0.4) is 0 Å². The maximum absolute atomic E-state index is 12.1. The van der Waals surface area contributed by atoms with Crippen molar-refractivity contribution in [3.8, 4) is 0 Å². The van der Waals surface area contributed by atoms with Gasteiger partial charge in [0, 0.05) is 19.2 Å². The van der Waals surface area contributed by atoms with E-state index in [9.17, 15) is 4.79 Å². The van der Waals surface area contributed by atoms with Crippen LogP contribution in [0.2, 0.25) is 0 Å². The van der Waals surface area contributed by atoms with Crippen LogP contribution in [0, 0.1) is 6.92 Å². The molecule has 17 heavy (non-hydrogen) atoms. The monoisotopic (exact) mass is 313 g/mol. The van der Waals surface area contributed by atoms with Gasteiger partial charge < -0.3 is 9.32 Å². The van der Waals surface area contributed by atoms with Crippen molar-refractivity contribution in [1.29, 1.82) is 0 Å². The molecule has 0 N–H and O–H groups in total. The number of amides is 1. The minimum Gasteiger partial charge on any atom is -0.459 e. The largest absolute Gasteiger partial charge is 0.459 e. The Morgan fingerprint density at radius 1 is 1.59 bits per heavy atom. The lowest BCUT2D eigenvalue weighted by Gasteiger charge is -2.15. The van der Waals surface area contributed by atoms with Crippen LogP contribution in [-0.2, 0) is 6.54 Å². The SMILES string of the molecule is Cc1ccoc1C(=O)N(C)Cc1csc(Br)c1. The number of hydrogen-bond donors (Lipinski definition) is 0. The summed E-state index contributed by atoms with van der Waals surface area (Å²) in [5.41, 5.74) is 1.98. The lowest BCUT2D eigenvalue weighted by molar-refractivity contribution is 0.0752. The predicted octanol–water partition coefficient (Wildman–Crippen LogP) is 3.68. The number of carbonyl (C=O) groups excluding carboxylic acids is 1. The van der Waals surface area contributed by atoms with E-state index in [-0.39, 0.29) is 5.91 Å². The van der Waals surface area contributed by atoms with Crippen LogP contribution in [0.15, 0.2) is 32.0 Å². The molecule has 0 bridgehead atoms. The van der Waals surface area contributed by atoms with Crippen molar-refractivity contribution < 1.29 is 9.21 Å². The van der Waals surface area contributed by atoms with Gasteiger partial charge in [0.2, 0.25) is 0 Å². The van der Waals surface area contributed by atoms with Crippen LogP contribution in [0.5, 0.6) is 0 Å². The number of rotatable bonds is 3. The van der Waals surface area contributed by atoms with Crippen molar-refractivity contribution in [2.45, 2.75) is 13.5 Å². The molecule has 0 aliphatic carbocycles. The number of hydrogen-bond acceptors (Lipinski definition) is 3. The Morgan fingerprint density at radius 3 is 2.88 bits per heavy atom. The molecule has 0 saturated carbocycles. The number of nitrogens with zero attached hydrogens (tertiary/aromatic N) is 1. The van der Waals surface area contributed by atoms with E-state index in [1.165, 1.54) is 6.26 Å². The Hall–Kier alpha value is -1.07. The Morgan fingerprint density at radius 2 is 2.35 bits per heavy atom. The van der Waals surface area contributed by atoms with Gasteiger partial charge in [-0.3, -0.25) is 4.79 Å². The molecule has 0 aliphatic rings. The van der Waals surface area contributed by atoms with Crippen LogP contribution in [0.1, 0.15) is 21.7 Å². The number of thiophene rings is 1. The van der Waals surface area contributed by atoms with Gasteiger partial charge in [0.15, 0.2) is 5.76 Å². The van der Waals surface area contributed by atoms with Crippen LogP contribution >= 0.6 is 27.3 Å². The summed E-state index contributed by atoms with van der Waals surface area (Å²) in [6.45, 7) is 2.45. The van der Waals surface area contributed by atoms with E-state index in [0.29, 0.717) is 12.3 Å². The average molecular weight is 314 g/mol. The molecule has 90 valence electrons. The molecule has 2 rings (SSSR count). The van der Waals surface area contributed by atoms with E-state index in [1.807, 2.05) is 18.4 Å². The normalized spacial score (nSPS) is 10.5. The molecule has 0 radical (unpaired) electrons. The average Bonchev–Trinajstić information content (AvgIpc) is 2.86. The lowest BCUT2D eigenvalue weighted by atomic mass is 10.2. The van der Waals surface area contributed by atoms with Gasteiger partial charge in [0.05, 0.1) is 10.0 Å². The number of halogens is 1. The highest BCUT2D eigenvalue weighted by Gasteiger charge is 2.17. The molecular formula is C12H12BrNO2S. The molecule has 0 saturated heterocycles. The summed E-state index contributed by atoms with van der Waals surface area (Å²) in [5, 5.41) is 2.03. The Balaban J connectivity index is 2.08. The third-order valence-electron chi connectivity index (χ3n) is 2.44. The third-order valence-corrected chi connectivity index (χ3v) is 4.00. The first kappa shape index (κ1) is 12.4. The fourth-order valence-corrected chi connectivity index (χ4v) is 2.74. The van der Waals surface area contributed by atoms with Gasteiger partial charge >= 0.3 is 0 Å². The van der Waals surface area contributed by atoms with Gasteiger partial charge in [0.25, 0.3) is 5.91 Å². The molecule has 0 aliphatic heterocycles. The standard InChI is InChI=1S/C12H12BrNO2S/c1-8-3-4-16-11(8)12(15)14(2)6-9-5-10(13)17-7-9/h3-5,7H,6H2,1-2H3. The van der Waals surface area contributed by atoms with E-state index in [0.717, 1.165) is 14.9 Å². The van der Waals surface area contributed by atoms with Gasteiger partial charge in [-0.1, -0.05) is 0 Å². The van der Waals surface area contributed by atoms with E-state index >= 15 is 0 Å². The van der Waals surface area contributed by atoms with E-state index in [4.69, 9.17) is 4.42 Å².